The van der Waals surface area contributed by atoms with Gasteiger partial charge >= 0.3 is 0 Å². The topological polar surface area (TPSA) is 68.2 Å². The van der Waals surface area contributed by atoms with E-state index in [1.807, 2.05) is 16.8 Å². The number of unbranched alkanes of at least 4 members (excludes halogenated alkanes) is 1. The quantitative estimate of drug-likeness (QED) is 0.884. The van der Waals surface area contributed by atoms with Crippen molar-refractivity contribution in [3.05, 3.63) is 23.5 Å². The van der Waals surface area contributed by atoms with E-state index in [0.717, 1.165) is 37.1 Å². The maximum atomic E-state index is 5.96. The molecule has 0 spiro atoms. The molecule has 1 atom stereocenters. The van der Waals surface area contributed by atoms with E-state index in [2.05, 4.69) is 24.3 Å². The molecule has 24 heavy (non-hydrogen) atoms. The van der Waals surface area contributed by atoms with Crippen LogP contribution in [0.5, 0.6) is 0 Å². The fourth-order valence-corrected chi connectivity index (χ4v) is 4.29. The van der Waals surface area contributed by atoms with Crippen LogP contribution in [0.3, 0.4) is 0 Å². The molecule has 1 unspecified atom stereocenters. The first-order valence-electron chi connectivity index (χ1n) is 9.45. The average molecular weight is 327 g/mol. The molecule has 3 N–H and O–H groups in total. The van der Waals surface area contributed by atoms with Crippen LogP contribution in [0, 0.1) is 5.41 Å². The minimum absolute atomic E-state index is 0.352. The fourth-order valence-electron chi connectivity index (χ4n) is 4.29. The van der Waals surface area contributed by atoms with Crippen molar-refractivity contribution in [1.29, 1.82) is 0 Å². The Bertz CT molecular complexity index is 731. The summed E-state index contributed by atoms with van der Waals surface area (Å²) in [5.74, 6) is 1.16. The molecule has 130 valence electrons. The van der Waals surface area contributed by atoms with Crippen molar-refractivity contribution in [2.45, 2.75) is 77.3 Å². The maximum Gasteiger partial charge on any atom is 0.157 e. The van der Waals surface area contributed by atoms with Crippen LogP contribution in [0.25, 0.3) is 5.65 Å². The molecule has 2 aliphatic rings. The first-order valence-corrected chi connectivity index (χ1v) is 9.45. The highest BCUT2D eigenvalue weighted by Crippen LogP contribution is 2.41. The number of nitrogens with one attached hydrogen (secondary N) is 1. The van der Waals surface area contributed by atoms with E-state index < -0.39 is 0 Å². The Balaban J connectivity index is 1.67. The Morgan fingerprint density at radius 2 is 2.25 bits per heavy atom. The van der Waals surface area contributed by atoms with Crippen LogP contribution in [-0.2, 0) is 12.8 Å². The average Bonchev–Trinajstić information content (AvgIpc) is 2.99. The van der Waals surface area contributed by atoms with E-state index >= 15 is 0 Å². The molecule has 2 heterocycles. The Kier molecular flexibility index (Phi) is 3.99. The van der Waals surface area contributed by atoms with E-state index in [1.54, 1.807) is 0 Å². The Morgan fingerprint density at radius 1 is 1.42 bits per heavy atom. The van der Waals surface area contributed by atoms with E-state index in [1.165, 1.54) is 36.9 Å². The molecule has 2 aromatic rings. The second kappa shape index (κ2) is 6.03. The zero-order valence-electron chi connectivity index (χ0n) is 14.9. The highest BCUT2D eigenvalue weighted by Gasteiger charge is 2.34. The lowest BCUT2D eigenvalue weighted by molar-refractivity contribution is 0.245. The second-order valence-electron chi connectivity index (χ2n) is 8.15. The van der Waals surface area contributed by atoms with Crippen LogP contribution >= 0.6 is 0 Å². The normalized spacial score (nSPS) is 29.3. The molecule has 4 rings (SSSR count). The van der Waals surface area contributed by atoms with E-state index in [4.69, 9.17) is 10.7 Å². The van der Waals surface area contributed by atoms with Crippen molar-refractivity contribution in [1.82, 2.24) is 14.6 Å². The summed E-state index contributed by atoms with van der Waals surface area (Å²) >= 11 is 0. The van der Waals surface area contributed by atoms with E-state index in [-0.39, 0.29) is 0 Å². The lowest BCUT2D eigenvalue weighted by Gasteiger charge is -2.38. The second-order valence-corrected chi connectivity index (χ2v) is 8.15. The minimum atomic E-state index is 0.352. The lowest BCUT2D eigenvalue weighted by Crippen LogP contribution is -2.45. The number of anilines is 1. The predicted molar refractivity (Wildman–Crippen MR) is 97.3 cm³/mol. The van der Waals surface area contributed by atoms with Crippen LogP contribution in [0.1, 0.15) is 63.6 Å². The van der Waals surface area contributed by atoms with Crippen molar-refractivity contribution in [2.24, 2.45) is 11.1 Å². The summed E-state index contributed by atoms with van der Waals surface area (Å²) in [5, 5.41) is 8.22. The van der Waals surface area contributed by atoms with Gasteiger partial charge in [-0.2, -0.15) is 9.61 Å². The van der Waals surface area contributed by atoms with Crippen LogP contribution in [0.15, 0.2) is 12.3 Å². The first kappa shape index (κ1) is 15.9. The molecule has 5 nitrogen and oxygen atoms in total. The molecule has 0 aromatic carbocycles. The molecular weight excluding hydrogens is 298 g/mol. The van der Waals surface area contributed by atoms with Gasteiger partial charge in [0.1, 0.15) is 5.82 Å². The van der Waals surface area contributed by atoms with Gasteiger partial charge in [-0.3, -0.25) is 0 Å². The Morgan fingerprint density at radius 3 is 3.00 bits per heavy atom. The Labute approximate surface area is 144 Å². The summed E-state index contributed by atoms with van der Waals surface area (Å²) in [6.45, 7) is 4.71. The molecule has 0 amide bonds. The zero-order chi connectivity index (χ0) is 16.7. The number of aromatic nitrogens is 3. The van der Waals surface area contributed by atoms with E-state index in [9.17, 15) is 0 Å². The van der Waals surface area contributed by atoms with Gasteiger partial charge < -0.3 is 11.1 Å². The van der Waals surface area contributed by atoms with Gasteiger partial charge in [0, 0.05) is 23.7 Å². The van der Waals surface area contributed by atoms with Gasteiger partial charge in [-0.1, -0.05) is 26.7 Å². The van der Waals surface area contributed by atoms with Gasteiger partial charge in [0.25, 0.3) is 0 Å². The van der Waals surface area contributed by atoms with Gasteiger partial charge in [0.15, 0.2) is 5.65 Å². The third kappa shape index (κ3) is 2.79. The molecule has 0 saturated heterocycles. The van der Waals surface area contributed by atoms with Crippen LogP contribution < -0.4 is 11.1 Å². The van der Waals surface area contributed by atoms with Crippen LogP contribution in [0.4, 0.5) is 5.82 Å². The van der Waals surface area contributed by atoms with Crippen molar-refractivity contribution in [3.63, 3.8) is 0 Å². The molecule has 1 fully saturated rings. The standard InChI is InChI=1S/C19H29N5/c1-3-4-7-19(2)8-5-15-16(12-19)23-17-6-9-21-24(17)18(15)22-14-10-13(20)11-14/h6,9,13-14,22H,3-5,7-8,10-12,20H2,1-2H3/t13-,14-,19?. The molecule has 0 bridgehead atoms. The van der Waals surface area contributed by atoms with Gasteiger partial charge in [0.2, 0.25) is 0 Å². The zero-order valence-corrected chi connectivity index (χ0v) is 14.9. The smallest absolute Gasteiger partial charge is 0.157 e. The van der Waals surface area contributed by atoms with Crippen molar-refractivity contribution in [3.8, 4) is 0 Å². The number of fused-ring (bicyclic) bond motifs is 2. The lowest BCUT2D eigenvalue weighted by atomic mass is 9.71. The Hall–Kier alpha value is -1.62. The summed E-state index contributed by atoms with van der Waals surface area (Å²) in [4.78, 5) is 4.94. The monoisotopic (exact) mass is 327 g/mol. The third-order valence-electron chi connectivity index (χ3n) is 5.94. The van der Waals surface area contributed by atoms with Gasteiger partial charge in [-0.05, 0) is 43.9 Å². The number of nitrogens with two attached hydrogens (primary N) is 1. The largest absolute Gasteiger partial charge is 0.367 e. The summed E-state index contributed by atoms with van der Waals surface area (Å²) in [5.41, 5.74) is 9.96. The van der Waals surface area contributed by atoms with Crippen molar-refractivity contribution < 1.29 is 0 Å². The van der Waals surface area contributed by atoms with Gasteiger partial charge in [-0.15, -0.1) is 0 Å². The fraction of sp³-hybridized carbons (Fsp3) is 0.684. The molecule has 0 aliphatic heterocycles. The summed E-state index contributed by atoms with van der Waals surface area (Å²) in [6, 6.07) is 2.84. The van der Waals surface area contributed by atoms with Gasteiger partial charge in [0.05, 0.1) is 11.9 Å². The summed E-state index contributed by atoms with van der Waals surface area (Å²) in [6.07, 6.45) is 11.3. The number of nitrogens with zero attached hydrogens (tertiary/aromatic N) is 3. The third-order valence-corrected chi connectivity index (χ3v) is 5.94. The summed E-state index contributed by atoms with van der Waals surface area (Å²) < 4.78 is 1.98. The molecule has 0 radical (unpaired) electrons. The summed E-state index contributed by atoms with van der Waals surface area (Å²) in [7, 11) is 0. The maximum absolute atomic E-state index is 5.96. The predicted octanol–water partition coefficient (Wildman–Crippen LogP) is 3.32. The van der Waals surface area contributed by atoms with Crippen molar-refractivity contribution >= 4 is 11.5 Å². The number of hydrogen-bond donors (Lipinski definition) is 2. The molecular formula is C19H29N5. The molecule has 1 saturated carbocycles. The molecule has 2 aromatic heterocycles. The number of rotatable bonds is 5. The SMILES string of the molecule is CCCCC1(C)CCc2c(nc3ccnn3c2N[C@H]2C[C@H](N)C2)C1. The first-order chi connectivity index (χ1) is 11.6. The minimum Gasteiger partial charge on any atom is -0.367 e. The molecule has 2 aliphatic carbocycles. The number of hydrogen-bond acceptors (Lipinski definition) is 4. The van der Waals surface area contributed by atoms with E-state index in [0.29, 0.717) is 17.5 Å². The van der Waals surface area contributed by atoms with Gasteiger partial charge in [-0.25, -0.2) is 4.98 Å². The van der Waals surface area contributed by atoms with Crippen molar-refractivity contribution in [2.75, 3.05) is 5.32 Å². The van der Waals surface area contributed by atoms with Crippen LogP contribution in [-0.4, -0.2) is 26.7 Å². The van der Waals surface area contributed by atoms with Crippen LogP contribution in [0.2, 0.25) is 0 Å². The highest BCUT2D eigenvalue weighted by atomic mass is 15.3. The highest BCUT2D eigenvalue weighted by molar-refractivity contribution is 5.57. The molecule has 5 heteroatoms.